The lowest BCUT2D eigenvalue weighted by Gasteiger charge is -2.26. The van der Waals surface area contributed by atoms with E-state index in [0.717, 1.165) is 0 Å². The average molecular weight is 384 g/mol. The molecule has 1 aromatic rings. The van der Waals surface area contributed by atoms with Gasteiger partial charge in [0.2, 0.25) is 10.0 Å². The molecule has 0 aromatic heterocycles. The highest BCUT2D eigenvalue weighted by Gasteiger charge is 2.27. The van der Waals surface area contributed by atoms with E-state index in [1.807, 2.05) is 0 Å². The summed E-state index contributed by atoms with van der Waals surface area (Å²) in [6, 6.07) is 4.24. The van der Waals surface area contributed by atoms with Crippen LogP contribution in [0.25, 0.3) is 0 Å². The van der Waals surface area contributed by atoms with E-state index < -0.39 is 28.5 Å². The Morgan fingerprint density at radius 2 is 1.92 bits per heavy atom. The summed E-state index contributed by atoms with van der Waals surface area (Å²) in [4.78, 5) is 23.9. The van der Waals surface area contributed by atoms with Gasteiger partial charge in [-0.3, -0.25) is 4.79 Å². The van der Waals surface area contributed by atoms with Crippen molar-refractivity contribution in [2.24, 2.45) is 0 Å². The first kappa shape index (κ1) is 20.3. The molecule has 0 saturated carbocycles. The van der Waals surface area contributed by atoms with Gasteiger partial charge in [-0.1, -0.05) is 6.07 Å². The second-order valence-corrected chi connectivity index (χ2v) is 8.23. The summed E-state index contributed by atoms with van der Waals surface area (Å²) in [6.07, 6.45) is 0. The molecule has 8 nitrogen and oxygen atoms in total. The van der Waals surface area contributed by atoms with Crippen LogP contribution in [0.5, 0.6) is 0 Å². The smallest absolute Gasteiger partial charge is 0.338 e. The Bertz CT molecular complexity index is 769. The van der Waals surface area contributed by atoms with Gasteiger partial charge in [0.1, 0.15) is 0 Å². The predicted molar refractivity (Wildman–Crippen MR) is 94.3 cm³/mol. The Morgan fingerprint density at radius 3 is 2.54 bits per heavy atom. The van der Waals surface area contributed by atoms with Crippen LogP contribution in [0.1, 0.15) is 29.8 Å². The number of hydrogen-bond donors (Lipinski definition) is 1. The molecule has 2 rings (SSSR count). The third kappa shape index (κ3) is 5.03. The zero-order valence-corrected chi connectivity index (χ0v) is 16.0. The van der Waals surface area contributed by atoms with Gasteiger partial charge in [-0.15, -0.1) is 0 Å². The summed E-state index contributed by atoms with van der Waals surface area (Å²) in [7, 11) is -3.72. The number of rotatable bonds is 6. The van der Waals surface area contributed by atoms with Crippen molar-refractivity contribution < 1.29 is 27.5 Å². The summed E-state index contributed by atoms with van der Waals surface area (Å²) < 4.78 is 36.9. The lowest BCUT2D eigenvalue weighted by atomic mass is 10.1. The van der Waals surface area contributed by atoms with E-state index in [0.29, 0.717) is 18.8 Å². The van der Waals surface area contributed by atoms with Gasteiger partial charge in [-0.25, -0.2) is 13.2 Å². The van der Waals surface area contributed by atoms with Gasteiger partial charge in [-0.2, -0.15) is 4.31 Å². The van der Waals surface area contributed by atoms with Gasteiger partial charge in [-0.05, 0) is 38.5 Å². The highest BCUT2D eigenvalue weighted by Crippen LogP contribution is 2.21. The Kier molecular flexibility index (Phi) is 6.74. The third-order valence-corrected chi connectivity index (χ3v) is 5.72. The van der Waals surface area contributed by atoms with Crippen LogP contribution in [-0.2, 0) is 24.3 Å². The molecular weight excluding hydrogens is 360 g/mol. The van der Waals surface area contributed by atoms with Crippen LogP contribution in [-0.4, -0.2) is 63.6 Å². The number of sulfonamides is 1. The van der Waals surface area contributed by atoms with Gasteiger partial charge in [0.15, 0.2) is 6.61 Å². The largest absolute Gasteiger partial charge is 0.452 e. The van der Waals surface area contributed by atoms with Crippen molar-refractivity contribution in [1.29, 1.82) is 0 Å². The molecule has 0 radical (unpaired) electrons. The van der Waals surface area contributed by atoms with Crippen LogP contribution < -0.4 is 5.32 Å². The lowest BCUT2D eigenvalue weighted by Crippen LogP contribution is -2.40. The van der Waals surface area contributed by atoms with Gasteiger partial charge in [0.05, 0.1) is 23.7 Å². The monoisotopic (exact) mass is 384 g/mol. The number of esters is 1. The summed E-state index contributed by atoms with van der Waals surface area (Å²) >= 11 is 0. The summed E-state index contributed by atoms with van der Waals surface area (Å²) in [5.74, 6) is -1.15. The molecule has 1 amide bonds. The molecule has 0 bridgehead atoms. The van der Waals surface area contributed by atoms with Crippen molar-refractivity contribution in [1.82, 2.24) is 9.62 Å². The van der Waals surface area contributed by atoms with Crippen LogP contribution in [0.4, 0.5) is 0 Å². The van der Waals surface area contributed by atoms with Crippen molar-refractivity contribution in [2.75, 3.05) is 32.9 Å². The van der Waals surface area contributed by atoms with Gasteiger partial charge < -0.3 is 14.8 Å². The van der Waals surface area contributed by atoms with E-state index >= 15 is 0 Å². The molecule has 0 unspecified atom stereocenters. The summed E-state index contributed by atoms with van der Waals surface area (Å²) in [5, 5.41) is 2.61. The number of amides is 1. The molecule has 0 aliphatic carbocycles. The number of nitrogens with one attached hydrogen (secondary N) is 1. The molecule has 1 aliphatic rings. The lowest BCUT2D eigenvalue weighted by molar-refractivity contribution is -0.124. The summed E-state index contributed by atoms with van der Waals surface area (Å²) in [6.45, 7) is 6.06. The highest BCUT2D eigenvalue weighted by molar-refractivity contribution is 7.89. The van der Waals surface area contributed by atoms with Crippen molar-refractivity contribution >= 4 is 21.9 Å². The zero-order valence-electron chi connectivity index (χ0n) is 15.1. The highest BCUT2D eigenvalue weighted by atomic mass is 32.2. The minimum absolute atomic E-state index is 0.0172. The number of carbonyl (C=O) groups is 2. The van der Waals surface area contributed by atoms with E-state index in [1.165, 1.54) is 16.4 Å². The zero-order chi connectivity index (χ0) is 19.3. The van der Waals surface area contributed by atoms with E-state index in [1.54, 1.807) is 26.8 Å². The van der Waals surface area contributed by atoms with Gasteiger partial charge in [0, 0.05) is 19.1 Å². The maximum atomic E-state index is 12.7. The van der Waals surface area contributed by atoms with Crippen molar-refractivity contribution in [3.8, 4) is 0 Å². The molecule has 144 valence electrons. The Morgan fingerprint density at radius 1 is 1.27 bits per heavy atom. The molecule has 1 aromatic carbocycles. The van der Waals surface area contributed by atoms with Crippen LogP contribution in [0, 0.1) is 6.92 Å². The van der Waals surface area contributed by atoms with Crippen LogP contribution in [0.15, 0.2) is 23.1 Å². The van der Waals surface area contributed by atoms with E-state index in [4.69, 9.17) is 9.47 Å². The third-order valence-electron chi connectivity index (χ3n) is 3.82. The number of aryl methyl sites for hydroxylation is 1. The maximum absolute atomic E-state index is 12.7. The van der Waals surface area contributed by atoms with Gasteiger partial charge >= 0.3 is 5.97 Å². The molecule has 1 N–H and O–H groups in total. The van der Waals surface area contributed by atoms with Crippen molar-refractivity contribution in [2.45, 2.75) is 31.7 Å². The number of benzene rings is 1. The van der Waals surface area contributed by atoms with E-state index in [9.17, 15) is 18.0 Å². The molecule has 9 heteroatoms. The number of nitrogens with zero attached hydrogens (tertiary/aromatic N) is 1. The molecule has 26 heavy (non-hydrogen) atoms. The SMILES string of the molecule is Cc1ccc(S(=O)(=O)N2CCOCC2)cc1C(=O)OCC(=O)NC(C)C. The fourth-order valence-electron chi connectivity index (χ4n) is 2.49. The average Bonchev–Trinajstić information content (AvgIpc) is 2.60. The van der Waals surface area contributed by atoms with Crippen LogP contribution in [0.2, 0.25) is 0 Å². The van der Waals surface area contributed by atoms with Crippen molar-refractivity contribution in [3.05, 3.63) is 29.3 Å². The topological polar surface area (TPSA) is 102 Å². The quantitative estimate of drug-likeness (QED) is 0.725. The minimum atomic E-state index is -3.72. The molecule has 1 aliphatic heterocycles. The molecular formula is C17H24N2O6S. The first-order chi connectivity index (χ1) is 12.2. The van der Waals surface area contributed by atoms with E-state index in [2.05, 4.69) is 5.32 Å². The number of ether oxygens (including phenoxy) is 2. The predicted octanol–water partition coefficient (Wildman–Crippen LogP) is 0.697. The Hall–Kier alpha value is -1.97. The molecule has 1 heterocycles. The Labute approximate surface area is 153 Å². The summed E-state index contributed by atoms with van der Waals surface area (Å²) in [5.41, 5.74) is 0.692. The molecule has 0 spiro atoms. The number of morpholine rings is 1. The second-order valence-electron chi connectivity index (χ2n) is 6.29. The normalized spacial score (nSPS) is 15.7. The van der Waals surface area contributed by atoms with Crippen LogP contribution >= 0.6 is 0 Å². The standard InChI is InChI=1S/C17H24N2O6S/c1-12(2)18-16(20)11-25-17(21)15-10-14(5-4-13(15)3)26(22,23)19-6-8-24-9-7-19/h4-5,10,12H,6-9,11H2,1-3H3,(H,18,20). The number of carbonyl (C=O) groups excluding carboxylic acids is 2. The van der Waals surface area contributed by atoms with Crippen LogP contribution in [0.3, 0.4) is 0 Å². The first-order valence-electron chi connectivity index (χ1n) is 8.37. The minimum Gasteiger partial charge on any atom is -0.452 e. The van der Waals surface area contributed by atoms with Crippen molar-refractivity contribution in [3.63, 3.8) is 0 Å². The fourth-order valence-corrected chi connectivity index (χ4v) is 3.92. The Balaban J connectivity index is 2.16. The number of hydrogen-bond acceptors (Lipinski definition) is 6. The maximum Gasteiger partial charge on any atom is 0.338 e. The van der Waals surface area contributed by atoms with E-state index in [-0.39, 0.29) is 29.6 Å². The molecule has 1 fully saturated rings. The van der Waals surface area contributed by atoms with Gasteiger partial charge in [0.25, 0.3) is 5.91 Å². The second kappa shape index (κ2) is 8.61. The molecule has 0 atom stereocenters. The fraction of sp³-hybridized carbons (Fsp3) is 0.529. The molecule has 1 saturated heterocycles. The first-order valence-corrected chi connectivity index (χ1v) is 9.81.